The molecule has 3 aromatic rings. The lowest BCUT2D eigenvalue weighted by Crippen LogP contribution is -2.25. The third kappa shape index (κ3) is 5.95. The highest BCUT2D eigenvalue weighted by molar-refractivity contribution is 6.00. The molecular formula is C24H21F7N2O2. The molecule has 0 aliphatic carbocycles. The fourth-order valence-corrected chi connectivity index (χ4v) is 3.59. The largest absolute Gasteiger partial charge is 0.495 e. The lowest BCUT2D eigenvalue weighted by molar-refractivity contribution is -0.143. The fraction of sp³-hybridized carbons (Fsp3) is 0.292. The number of nitrogens with zero attached hydrogens (tertiary/aromatic N) is 1. The molecule has 0 unspecified atom stereocenters. The van der Waals surface area contributed by atoms with Crippen LogP contribution in [0.1, 0.15) is 37.5 Å². The molecule has 0 spiro atoms. The SMILES string of the molecule is C/C=C\OC(C)(C)Cc1cn(C(=O)Nc2cc(C(F)(F)F)cc(C(F)(F)F)c2)c2cccc(F)c12. The Labute approximate surface area is 196 Å². The number of alkyl halides is 6. The number of rotatable bonds is 5. The van der Waals surface area contributed by atoms with Gasteiger partial charge < -0.3 is 10.1 Å². The number of hydrogen-bond acceptors (Lipinski definition) is 2. The molecule has 2 aromatic carbocycles. The minimum absolute atomic E-state index is 0.0406. The van der Waals surface area contributed by atoms with Gasteiger partial charge in [0.1, 0.15) is 11.4 Å². The normalized spacial score (nSPS) is 13.0. The Kier molecular flexibility index (Phi) is 6.92. The molecule has 0 atom stereocenters. The highest BCUT2D eigenvalue weighted by Gasteiger charge is 2.37. The average molecular weight is 502 g/mol. The van der Waals surface area contributed by atoms with E-state index in [1.54, 1.807) is 26.8 Å². The van der Waals surface area contributed by atoms with Crippen molar-refractivity contribution >= 4 is 22.6 Å². The molecule has 1 aromatic heterocycles. The zero-order valence-corrected chi connectivity index (χ0v) is 18.8. The lowest BCUT2D eigenvalue weighted by Gasteiger charge is -2.24. The first-order valence-electron chi connectivity index (χ1n) is 10.3. The molecular weight excluding hydrogens is 481 g/mol. The molecule has 1 N–H and O–H groups in total. The van der Waals surface area contributed by atoms with Crippen molar-refractivity contribution in [3.05, 3.63) is 77.4 Å². The summed E-state index contributed by atoms with van der Waals surface area (Å²) >= 11 is 0. The Hall–Kier alpha value is -3.50. The Morgan fingerprint density at radius 2 is 1.63 bits per heavy atom. The van der Waals surface area contributed by atoms with E-state index in [9.17, 15) is 35.5 Å². The molecule has 188 valence electrons. The van der Waals surface area contributed by atoms with Gasteiger partial charge in [0.15, 0.2) is 0 Å². The average Bonchev–Trinajstić information content (AvgIpc) is 3.10. The molecule has 11 heteroatoms. The van der Waals surface area contributed by atoms with Crippen LogP contribution in [0.4, 0.5) is 41.2 Å². The van der Waals surface area contributed by atoms with Gasteiger partial charge in [0.05, 0.1) is 22.9 Å². The van der Waals surface area contributed by atoms with Crippen molar-refractivity contribution in [2.24, 2.45) is 0 Å². The molecule has 0 fully saturated rings. The second kappa shape index (κ2) is 9.27. The van der Waals surface area contributed by atoms with Crippen LogP contribution in [0.5, 0.6) is 0 Å². The summed E-state index contributed by atoms with van der Waals surface area (Å²) in [6, 6.07) is 3.61. The molecule has 4 nitrogen and oxygen atoms in total. The van der Waals surface area contributed by atoms with Crippen molar-refractivity contribution in [2.75, 3.05) is 5.32 Å². The van der Waals surface area contributed by atoms with Crippen LogP contribution in [0, 0.1) is 5.82 Å². The maximum atomic E-state index is 14.7. The van der Waals surface area contributed by atoms with E-state index < -0.39 is 46.6 Å². The molecule has 35 heavy (non-hydrogen) atoms. The number of anilines is 1. The summed E-state index contributed by atoms with van der Waals surface area (Å²) in [5.74, 6) is -0.649. The van der Waals surface area contributed by atoms with Crippen molar-refractivity contribution in [3.63, 3.8) is 0 Å². The maximum Gasteiger partial charge on any atom is 0.416 e. The van der Waals surface area contributed by atoms with Gasteiger partial charge in [-0.3, -0.25) is 4.57 Å². The topological polar surface area (TPSA) is 43.3 Å². The minimum atomic E-state index is -5.07. The van der Waals surface area contributed by atoms with Crippen LogP contribution in [0.15, 0.2) is 54.9 Å². The van der Waals surface area contributed by atoms with E-state index in [-0.39, 0.29) is 23.4 Å². The quantitative estimate of drug-likeness (QED) is 0.286. The fourth-order valence-electron chi connectivity index (χ4n) is 3.59. The minimum Gasteiger partial charge on any atom is -0.495 e. The van der Waals surface area contributed by atoms with Gasteiger partial charge in [-0.1, -0.05) is 12.1 Å². The summed E-state index contributed by atoms with van der Waals surface area (Å²) in [6.07, 6.45) is -5.61. The van der Waals surface area contributed by atoms with Crippen molar-refractivity contribution in [1.82, 2.24) is 4.57 Å². The standard InChI is InChI=1S/C24H21F7N2O2/c1-4-8-35-22(2,3)12-14-13-33(19-7-5-6-18(25)20(14)19)21(34)32-17-10-15(23(26,27)28)9-16(11-17)24(29,30)31/h4-11,13H,12H2,1-3H3,(H,32,34)/b8-4-. The monoisotopic (exact) mass is 502 g/mol. The first-order valence-corrected chi connectivity index (χ1v) is 10.3. The van der Waals surface area contributed by atoms with Crippen molar-refractivity contribution in [3.8, 4) is 0 Å². The molecule has 0 saturated heterocycles. The Bertz CT molecular complexity index is 1240. The Morgan fingerprint density at radius 1 is 1.03 bits per heavy atom. The number of allylic oxidation sites excluding steroid dienone is 1. The summed E-state index contributed by atoms with van der Waals surface area (Å²) in [7, 11) is 0. The number of aromatic nitrogens is 1. The van der Waals surface area contributed by atoms with E-state index in [1.807, 2.05) is 0 Å². The van der Waals surface area contributed by atoms with Gasteiger partial charge in [-0.05, 0) is 56.7 Å². The molecule has 1 heterocycles. The zero-order chi connectivity index (χ0) is 26.2. The molecule has 3 rings (SSSR count). The van der Waals surface area contributed by atoms with E-state index >= 15 is 0 Å². The maximum absolute atomic E-state index is 14.7. The van der Waals surface area contributed by atoms with Gasteiger partial charge >= 0.3 is 18.4 Å². The number of carbonyl (C=O) groups is 1. The van der Waals surface area contributed by atoms with Crippen LogP contribution in [-0.4, -0.2) is 16.2 Å². The first-order chi connectivity index (χ1) is 16.1. The van der Waals surface area contributed by atoms with Gasteiger partial charge in [0, 0.05) is 23.7 Å². The van der Waals surface area contributed by atoms with Gasteiger partial charge in [-0.25, -0.2) is 9.18 Å². The molecule has 0 radical (unpaired) electrons. The zero-order valence-electron chi connectivity index (χ0n) is 18.8. The summed E-state index contributed by atoms with van der Waals surface area (Å²) in [6.45, 7) is 5.21. The predicted octanol–water partition coefficient (Wildman–Crippen LogP) is 7.77. The number of carbonyl (C=O) groups excluding carboxylic acids is 1. The van der Waals surface area contributed by atoms with Crippen LogP contribution < -0.4 is 5.32 Å². The van der Waals surface area contributed by atoms with Crippen LogP contribution in [-0.2, 0) is 23.5 Å². The number of halogens is 7. The molecule has 0 bridgehead atoms. The smallest absolute Gasteiger partial charge is 0.416 e. The molecule has 0 aliphatic heterocycles. The van der Waals surface area contributed by atoms with Crippen LogP contribution in [0.3, 0.4) is 0 Å². The third-order valence-corrected chi connectivity index (χ3v) is 5.05. The van der Waals surface area contributed by atoms with Crippen molar-refractivity contribution in [2.45, 2.75) is 45.1 Å². The molecule has 1 amide bonds. The second-order valence-corrected chi connectivity index (χ2v) is 8.41. The number of benzene rings is 2. The number of ether oxygens (including phenoxy) is 1. The highest BCUT2D eigenvalue weighted by atomic mass is 19.4. The first kappa shape index (κ1) is 26.1. The summed E-state index contributed by atoms with van der Waals surface area (Å²) in [5.41, 5.74) is -4.23. The Balaban J connectivity index is 2.05. The number of nitrogens with one attached hydrogen (secondary N) is 1. The Morgan fingerprint density at radius 3 is 2.17 bits per heavy atom. The number of hydrogen-bond donors (Lipinski definition) is 1. The summed E-state index contributed by atoms with van der Waals surface area (Å²) in [5, 5.41) is 2.15. The van der Waals surface area contributed by atoms with Gasteiger partial charge in [-0.15, -0.1) is 0 Å². The van der Waals surface area contributed by atoms with E-state index in [1.165, 1.54) is 30.7 Å². The second-order valence-electron chi connectivity index (χ2n) is 8.41. The molecule has 0 aliphatic rings. The van der Waals surface area contributed by atoms with E-state index in [0.29, 0.717) is 17.7 Å². The summed E-state index contributed by atoms with van der Waals surface area (Å²) in [4.78, 5) is 12.9. The van der Waals surface area contributed by atoms with Crippen LogP contribution in [0.25, 0.3) is 10.9 Å². The van der Waals surface area contributed by atoms with Crippen LogP contribution >= 0.6 is 0 Å². The van der Waals surface area contributed by atoms with Crippen molar-refractivity contribution in [1.29, 1.82) is 0 Å². The predicted molar refractivity (Wildman–Crippen MR) is 116 cm³/mol. The third-order valence-electron chi connectivity index (χ3n) is 5.05. The summed E-state index contributed by atoms with van der Waals surface area (Å²) < 4.78 is 100. The van der Waals surface area contributed by atoms with E-state index in [0.717, 1.165) is 4.57 Å². The number of fused-ring (bicyclic) bond motifs is 1. The van der Waals surface area contributed by atoms with E-state index in [2.05, 4.69) is 5.32 Å². The van der Waals surface area contributed by atoms with Gasteiger partial charge in [0.2, 0.25) is 0 Å². The highest BCUT2D eigenvalue weighted by Crippen LogP contribution is 2.38. The van der Waals surface area contributed by atoms with Gasteiger partial charge in [-0.2, -0.15) is 26.3 Å². The lowest BCUT2D eigenvalue weighted by atomic mass is 9.98. The van der Waals surface area contributed by atoms with Gasteiger partial charge in [0.25, 0.3) is 0 Å². The number of amides is 1. The van der Waals surface area contributed by atoms with Crippen LogP contribution in [0.2, 0.25) is 0 Å². The molecule has 0 saturated carbocycles. The van der Waals surface area contributed by atoms with E-state index in [4.69, 9.17) is 4.74 Å². The van der Waals surface area contributed by atoms with Crippen molar-refractivity contribution < 1.29 is 40.3 Å².